The first-order valence-electron chi connectivity index (χ1n) is 8.06. The number of hydrogen-bond donors (Lipinski definition) is 1. The molecule has 1 saturated heterocycles. The van der Waals surface area contributed by atoms with E-state index in [-0.39, 0.29) is 0 Å². The SMILES string of the molecule is CC1CC(N)CN(C2CCCC(C(C)C)CC2)C1. The lowest BCUT2D eigenvalue weighted by molar-refractivity contribution is 0.105. The van der Waals surface area contributed by atoms with Crippen LogP contribution in [0.25, 0.3) is 0 Å². The fraction of sp³-hybridized carbons (Fsp3) is 1.00. The normalized spacial score (nSPS) is 39.8. The van der Waals surface area contributed by atoms with Crippen LogP contribution in [-0.2, 0) is 0 Å². The van der Waals surface area contributed by atoms with Crippen molar-refractivity contribution in [3.8, 4) is 0 Å². The summed E-state index contributed by atoms with van der Waals surface area (Å²) in [6, 6.07) is 1.24. The lowest BCUT2D eigenvalue weighted by Crippen LogP contribution is -2.50. The van der Waals surface area contributed by atoms with E-state index in [1.54, 1.807) is 0 Å². The maximum absolute atomic E-state index is 6.20. The van der Waals surface area contributed by atoms with Crippen LogP contribution in [0.15, 0.2) is 0 Å². The zero-order valence-corrected chi connectivity index (χ0v) is 12.6. The lowest BCUT2D eigenvalue weighted by Gasteiger charge is -2.40. The van der Waals surface area contributed by atoms with Gasteiger partial charge in [0.2, 0.25) is 0 Å². The van der Waals surface area contributed by atoms with Crippen LogP contribution in [0.2, 0.25) is 0 Å². The van der Waals surface area contributed by atoms with Gasteiger partial charge in [0.1, 0.15) is 0 Å². The molecule has 2 aliphatic rings. The average molecular weight is 252 g/mol. The molecular weight excluding hydrogens is 220 g/mol. The first-order chi connectivity index (χ1) is 8.56. The predicted molar refractivity (Wildman–Crippen MR) is 78.5 cm³/mol. The maximum Gasteiger partial charge on any atom is 0.0170 e. The highest BCUT2D eigenvalue weighted by molar-refractivity contribution is 4.86. The van der Waals surface area contributed by atoms with Gasteiger partial charge in [-0.2, -0.15) is 0 Å². The third-order valence-corrected chi connectivity index (χ3v) is 5.16. The minimum absolute atomic E-state index is 0.415. The Morgan fingerprint density at radius 3 is 2.50 bits per heavy atom. The second kappa shape index (κ2) is 6.38. The monoisotopic (exact) mass is 252 g/mol. The molecule has 1 aliphatic carbocycles. The number of rotatable bonds is 2. The van der Waals surface area contributed by atoms with Gasteiger partial charge in [0.15, 0.2) is 0 Å². The van der Waals surface area contributed by atoms with Crippen molar-refractivity contribution in [3.05, 3.63) is 0 Å². The Bertz CT molecular complexity index is 241. The van der Waals surface area contributed by atoms with Crippen molar-refractivity contribution in [1.29, 1.82) is 0 Å². The molecule has 2 rings (SSSR count). The largest absolute Gasteiger partial charge is 0.327 e. The summed E-state index contributed by atoms with van der Waals surface area (Å²) in [5.41, 5.74) is 6.20. The Morgan fingerprint density at radius 1 is 1.06 bits per heavy atom. The van der Waals surface area contributed by atoms with E-state index in [2.05, 4.69) is 25.7 Å². The molecule has 18 heavy (non-hydrogen) atoms. The van der Waals surface area contributed by atoms with E-state index >= 15 is 0 Å². The fourth-order valence-corrected chi connectivity index (χ4v) is 4.08. The van der Waals surface area contributed by atoms with Gasteiger partial charge in [-0.15, -0.1) is 0 Å². The van der Waals surface area contributed by atoms with Gasteiger partial charge in [0.25, 0.3) is 0 Å². The van der Waals surface area contributed by atoms with Crippen LogP contribution in [0.5, 0.6) is 0 Å². The lowest BCUT2D eigenvalue weighted by atomic mass is 9.88. The van der Waals surface area contributed by atoms with E-state index in [9.17, 15) is 0 Å². The van der Waals surface area contributed by atoms with Crippen LogP contribution in [0, 0.1) is 17.8 Å². The third kappa shape index (κ3) is 3.71. The van der Waals surface area contributed by atoms with Crippen molar-refractivity contribution >= 4 is 0 Å². The highest BCUT2D eigenvalue weighted by Crippen LogP contribution is 2.32. The number of nitrogens with zero attached hydrogens (tertiary/aromatic N) is 1. The minimum Gasteiger partial charge on any atom is -0.327 e. The Labute approximate surface area is 113 Å². The Balaban J connectivity index is 1.89. The molecule has 1 heterocycles. The van der Waals surface area contributed by atoms with E-state index in [4.69, 9.17) is 5.73 Å². The van der Waals surface area contributed by atoms with Crippen molar-refractivity contribution in [3.63, 3.8) is 0 Å². The molecule has 0 amide bonds. The topological polar surface area (TPSA) is 29.3 Å². The van der Waals surface area contributed by atoms with Crippen LogP contribution < -0.4 is 5.73 Å². The second-order valence-corrected chi connectivity index (χ2v) is 7.22. The van der Waals surface area contributed by atoms with Crippen molar-refractivity contribution < 1.29 is 0 Å². The molecule has 4 atom stereocenters. The van der Waals surface area contributed by atoms with Gasteiger partial charge in [-0.3, -0.25) is 4.90 Å². The second-order valence-electron chi connectivity index (χ2n) is 7.22. The molecule has 0 spiro atoms. The molecule has 2 nitrogen and oxygen atoms in total. The summed E-state index contributed by atoms with van der Waals surface area (Å²) in [6.07, 6.45) is 8.34. The number of likely N-dealkylation sites (tertiary alicyclic amines) is 1. The molecule has 0 aromatic rings. The minimum atomic E-state index is 0.415. The molecule has 2 fully saturated rings. The average Bonchev–Trinajstić information content (AvgIpc) is 2.52. The predicted octanol–water partition coefficient (Wildman–Crippen LogP) is 3.26. The fourth-order valence-electron chi connectivity index (χ4n) is 4.08. The Hall–Kier alpha value is -0.0800. The maximum atomic E-state index is 6.20. The van der Waals surface area contributed by atoms with E-state index < -0.39 is 0 Å². The summed E-state index contributed by atoms with van der Waals surface area (Å²) >= 11 is 0. The van der Waals surface area contributed by atoms with Crippen LogP contribution in [0.3, 0.4) is 0 Å². The van der Waals surface area contributed by atoms with Gasteiger partial charge in [0.05, 0.1) is 0 Å². The van der Waals surface area contributed by atoms with Gasteiger partial charge >= 0.3 is 0 Å². The first-order valence-corrected chi connectivity index (χ1v) is 8.06. The van der Waals surface area contributed by atoms with E-state index in [1.807, 2.05) is 0 Å². The van der Waals surface area contributed by atoms with E-state index in [1.165, 1.54) is 45.1 Å². The molecule has 0 aromatic heterocycles. The third-order valence-electron chi connectivity index (χ3n) is 5.16. The highest BCUT2D eigenvalue weighted by Gasteiger charge is 2.29. The van der Waals surface area contributed by atoms with Gasteiger partial charge in [-0.1, -0.05) is 33.6 Å². The molecule has 0 radical (unpaired) electrons. The van der Waals surface area contributed by atoms with Crippen molar-refractivity contribution in [2.75, 3.05) is 13.1 Å². The van der Waals surface area contributed by atoms with Gasteiger partial charge < -0.3 is 5.73 Å². The summed E-state index contributed by atoms with van der Waals surface area (Å²) in [6.45, 7) is 9.57. The van der Waals surface area contributed by atoms with Gasteiger partial charge in [-0.05, 0) is 43.4 Å². The molecule has 1 saturated carbocycles. The van der Waals surface area contributed by atoms with Crippen LogP contribution in [0.1, 0.15) is 59.3 Å². The highest BCUT2D eigenvalue weighted by atomic mass is 15.2. The van der Waals surface area contributed by atoms with Crippen molar-refractivity contribution in [1.82, 2.24) is 4.90 Å². The summed E-state index contributed by atoms with van der Waals surface area (Å²) in [7, 11) is 0. The van der Waals surface area contributed by atoms with Crippen LogP contribution >= 0.6 is 0 Å². The van der Waals surface area contributed by atoms with Gasteiger partial charge in [-0.25, -0.2) is 0 Å². The first kappa shape index (κ1) is 14.3. The molecule has 106 valence electrons. The number of hydrogen-bond acceptors (Lipinski definition) is 2. The zero-order chi connectivity index (χ0) is 13.1. The van der Waals surface area contributed by atoms with Gasteiger partial charge in [0, 0.05) is 25.2 Å². The summed E-state index contributed by atoms with van der Waals surface area (Å²) < 4.78 is 0. The smallest absolute Gasteiger partial charge is 0.0170 e. The summed E-state index contributed by atoms with van der Waals surface area (Å²) in [5.74, 6) is 2.62. The number of nitrogens with two attached hydrogens (primary N) is 1. The van der Waals surface area contributed by atoms with Crippen molar-refractivity contribution in [2.45, 2.75) is 71.4 Å². The van der Waals surface area contributed by atoms with Crippen molar-refractivity contribution in [2.24, 2.45) is 23.5 Å². The molecular formula is C16H32N2. The summed E-state index contributed by atoms with van der Waals surface area (Å²) in [5, 5.41) is 0. The summed E-state index contributed by atoms with van der Waals surface area (Å²) in [4.78, 5) is 2.71. The molecule has 0 bridgehead atoms. The standard InChI is InChI=1S/C16H32N2/c1-12(2)14-5-4-6-16(8-7-14)18-10-13(3)9-15(17)11-18/h12-16H,4-11,17H2,1-3H3. The molecule has 2 heteroatoms. The van der Waals surface area contributed by atoms with E-state index in [0.29, 0.717) is 6.04 Å². The van der Waals surface area contributed by atoms with Crippen LogP contribution in [0.4, 0.5) is 0 Å². The zero-order valence-electron chi connectivity index (χ0n) is 12.6. The van der Waals surface area contributed by atoms with Crippen LogP contribution in [-0.4, -0.2) is 30.1 Å². The van der Waals surface area contributed by atoms with E-state index in [0.717, 1.165) is 30.3 Å². The molecule has 1 aliphatic heterocycles. The number of piperidine rings is 1. The molecule has 4 unspecified atom stereocenters. The Kier molecular flexibility index (Phi) is 5.08. The quantitative estimate of drug-likeness (QED) is 0.764. The molecule has 0 aromatic carbocycles. The Morgan fingerprint density at radius 2 is 1.83 bits per heavy atom. The molecule has 2 N–H and O–H groups in total.